The number of nitrogens with zero attached hydrogens (tertiary/aromatic N) is 3. The summed E-state index contributed by atoms with van der Waals surface area (Å²) >= 11 is 5.81. The van der Waals surface area contributed by atoms with Gasteiger partial charge in [0.2, 0.25) is 5.88 Å². The van der Waals surface area contributed by atoms with Crippen molar-refractivity contribution in [1.82, 2.24) is 14.8 Å². The van der Waals surface area contributed by atoms with Crippen LogP contribution in [0.1, 0.15) is 0 Å². The highest BCUT2D eigenvalue weighted by Gasteiger charge is 2.51. The predicted octanol–water partition coefficient (Wildman–Crippen LogP) is 3.72. The van der Waals surface area contributed by atoms with Crippen molar-refractivity contribution in [2.24, 2.45) is 0 Å². The Morgan fingerprint density at radius 2 is 1.87 bits per heavy atom. The topological polar surface area (TPSA) is 49.2 Å². The Kier molecular flexibility index (Phi) is 4.71. The molecule has 0 N–H and O–H groups in total. The van der Waals surface area contributed by atoms with Gasteiger partial charge >= 0.3 is 18.8 Å². The quantitative estimate of drug-likeness (QED) is 0.762. The van der Waals surface area contributed by atoms with E-state index < -0.39 is 24.7 Å². The minimum atomic E-state index is -5.59. The standard InChI is InChI=1S/C11H6ClF6N3O2/c12-6-2-1-4-19-8(6)21-5-3-7(20-21)22-10(14,15)9(13)23-11(16,17)18/h1-5,9H. The van der Waals surface area contributed by atoms with Crippen molar-refractivity contribution in [2.75, 3.05) is 0 Å². The SMILES string of the molecule is FC(OC(F)(F)F)C(F)(F)Oc1ccn(-c2ncccc2Cl)n1. The maximum absolute atomic E-state index is 13.2. The van der Waals surface area contributed by atoms with Crippen LogP contribution >= 0.6 is 11.6 Å². The van der Waals surface area contributed by atoms with Crippen molar-refractivity contribution < 1.29 is 35.8 Å². The summed E-state index contributed by atoms with van der Waals surface area (Å²) in [6, 6.07) is 3.80. The van der Waals surface area contributed by atoms with E-state index in [4.69, 9.17) is 11.6 Å². The second-order valence-corrected chi connectivity index (χ2v) is 4.36. The van der Waals surface area contributed by atoms with Crippen LogP contribution < -0.4 is 4.74 Å². The van der Waals surface area contributed by atoms with Gasteiger partial charge in [0, 0.05) is 18.5 Å². The Morgan fingerprint density at radius 1 is 1.17 bits per heavy atom. The lowest BCUT2D eigenvalue weighted by Gasteiger charge is -2.20. The zero-order valence-corrected chi connectivity index (χ0v) is 11.5. The average molecular weight is 362 g/mol. The van der Waals surface area contributed by atoms with Gasteiger partial charge in [-0.05, 0) is 12.1 Å². The molecule has 12 heteroatoms. The van der Waals surface area contributed by atoms with Crippen molar-refractivity contribution in [2.45, 2.75) is 18.8 Å². The maximum Gasteiger partial charge on any atom is 0.525 e. The number of aromatic nitrogens is 3. The molecule has 0 saturated heterocycles. The van der Waals surface area contributed by atoms with Gasteiger partial charge in [-0.25, -0.2) is 18.8 Å². The van der Waals surface area contributed by atoms with E-state index in [1.165, 1.54) is 18.3 Å². The second-order valence-electron chi connectivity index (χ2n) is 3.95. The van der Waals surface area contributed by atoms with E-state index in [9.17, 15) is 26.3 Å². The molecule has 2 aromatic heterocycles. The Balaban J connectivity index is 2.14. The first-order valence-corrected chi connectivity index (χ1v) is 6.08. The summed E-state index contributed by atoms with van der Waals surface area (Å²) in [5.74, 6) is -0.805. The fraction of sp³-hybridized carbons (Fsp3) is 0.273. The lowest BCUT2D eigenvalue weighted by atomic mass is 10.4. The van der Waals surface area contributed by atoms with Crippen LogP contribution in [0.2, 0.25) is 5.02 Å². The summed E-state index contributed by atoms with van der Waals surface area (Å²) in [5.41, 5.74) is 0. The molecule has 0 spiro atoms. The summed E-state index contributed by atoms with van der Waals surface area (Å²) in [5, 5.41) is 3.59. The highest BCUT2D eigenvalue weighted by atomic mass is 35.5. The molecule has 1 atom stereocenters. The summed E-state index contributed by atoms with van der Waals surface area (Å²) < 4.78 is 81.9. The number of rotatable bonds is 5. The van der Waals surface area contributed by atoms with E-state index in [-0.39, 0.29) is 10.8 Å². The molecule has 0 bridgehead atoms. The number of alkyl halides is 6. The fourth-order valence-corrected chi connectivity index (χ4v) is 1.61. The summed E-state index contributed by atoms with van der Waals surface area (Å²) in [7, 11) is 0. The smallest absolute Gasteiger partial charge is 0.409 e. The molecule has 0 fully saturated rings. The molecule has 126 valence electrons. The molecule has 2 heterocycles. The summed E-state index contributed by atoms with van der Waals surface area (Å²) in [6.07, 6.45) is -12.1. The van der Waals surface area contributed by atoms with Crippen LogP contribution in [0.5, 0.6) is 5.88 Å². The average Bonchev–Trinajstić information content (AvgIpc) is 2.84. The number of halogens is 7. The predicted molar refractivity (Wildman–Crippen MR) is 64.0 cm³/mol. The minimum absolute atomic E-state index is 0.0515. The van der Waals surface area contributed by atoms with Gasteiger partial charge in [0.1, 0.15) is 0 Å². The lowest BCUT2D eigenvalue weighted by Crippen LogP contribution is -2.41. The van der Waals surface area contributed by atoms with Crippen LogP contribution in [0.15, 0.2) is 30.6 Å². The third kappa shape index (κ3) is 4.48. The minimum Gasteiger partial charge on any atom is -0.409 e. The van der Waals surface area contributed by atoms with E-state index in [1.54, 1.807) is 0 Å². The largest absolute Gasteiger partial charge is 0.525 e. The molecule has 0 amide bonds. The lowest BCUT2D eigenvalue weighted by molar-refractivity contribution is -0.411. The van der Waals surface area contributed by atoms with Gasteiger partial charge < -0.3 is 4.74 Å². The van der Waals surface area contributed by atoms with Gasteiger partial charge in [0.15, 0.2) is 5.82 Å². The molecule has 5 nitrogen and oxygen atoms in total. The first kappa shape index (κ1) is 17.3. The Labute approximate surface area is 129 Å². The molecule has 23 heavy (non-hydrogen) atoms. The monoisotopic (exact) mass is 361 g/mol. The second kappa shape index (κ2) is 6.24. The van der Waals surface area contributed by atoms with E-state index in [0.29, 0.717) is 0 Å². The van der Waals surface area contributed by atoms with Gasteiger partial charge in [-0.3, -0.25) is 0 Å². The van der Waals surface area contributed by atoms with Crippen LogP contribution in [0.4, 0.5) is 26.3 Å². The fourth-order valence-electron chi connectivity index (χ4n) is 1.40. The van der Waals surface area contributed by atoms with Crippen molar-refractivity contribution in [1.29, 1.82) is 0 Å². The summed E-state index contributed by atoms with van der Waals surface area (Å²) in [6.45, 7) is 0. The molecule has 0 radical (unpaired) electrons. The van der Waals surface area contributed by atoms with Crippen LogP contribution in [0.25, 0.3) is 5.82 Å². The molecule has 2 aromatic rings. The molecule has 0 aliphatic heterocycles. The molecule has 0 aliphatic rings. The van der Waals surface area contributed by atoms with Gasteiger partial charge in [-0.2, -0.15) is 8.78 Å². The number of hydrogen-bond acceptors (Lipinski definition) is 4. The van der Waals surface area contributed by atoms with Crippen LogP contribution in [0.3, 0.4) is 0 Å². The Morgan fingerprint density at radius 3 is 2.48 bits per heavy atom. The van der Waals surface area contributed by atoms with Crippen LogP contribution in [0, 0.1) is 0 Å². The van der Waals surface area contributed by atoms with Crippen molar-refractivity contribution in [3.05, 3.63) is 35.6 Å². The molecular formula is C11H6ClF6N3O2. The van der Waals surface area contributed by atoms with E-state index in [0.717, 1.165) is 16.9 Å². The third-order valence-electron chi connectivity index (χ3n) is 2.26. The van der Waals surface area contributed by atoms with Crippen LogP contribution in [-0.2, 0) is 4.74 Å². The van der Waals surface area contributed by atoms with Crippen LogP contribution in [-0.4, -0.2) is 33.6 Å². The molecule has 1 unspecified atom stereocenters. The van der Waals surface area contributed by atoms with E-state index >= 15 is 0 Å². The van der Waals surface area contributed by atoms with Gasteiger partial charge in [0.25, 0.3) is 0 Å². The highest BCUT2D eigenvalue weighted by Crippen LogP contribution is 2.31. The number of ether oxygens (including phenoxy) is 2. The number of hydrogen-bond donors (Lipinski definition) is 0. The van der Waals surface area contributed by atoms with Crippen molar-refractivity contribution in [3.63, 3.8) is 0 Å². The Hall–Kier alpha value is -2.01. The Bertz CT molecular complexity index is 678. The molecular weight excluding hydrogens is 356 g/mol. The van der Waals surface area contributed by atoms with Gasteiger partial charge in [-0.15, -0.1) is 18.3 Å². The zero-order chi connectivity index (χ0) is 17.3. The molecule has 0 aromatic carbocycles. The summed E-state index contributed by atoms with van der Waals surface area (Å²) in [4.78, 5) is 3.82. The van der Waals surface area contributed by atoms with E-state index in [1.807, 2.05) is 0 Å². The van der Waals surface area contributed by atoms with Crippen molar-refractivity contribution >= 4 is 11.6 Å². The molecule has 0 saturated carbocycles. The maximum atomic E-state index is 13.2. The van der Waals surface area contributed by atoms with Gasteiger partial charge in [-0.1, -0.05) is 11.6 Å². The number of pyridine rings is 1. The first-order chi connectivity index (χ1) is 10.6. The normalized spacial score (nSPS) is 13.9. The molecule has 0 aliphatic carbocycles. The zero-order valence-electron chi connectivity index (χ0n) is 10.8. The highest BCUT2D eigenvalue weighted by molar-refractivity contribution is 6.32. The van der Waals surface area contributed by atoms with Gasteiger partial charge in [0.05, 0.1) is 5.02 Å². The van der Waals surface area contributed by atoms with Crippen molar-refractivity contribution in [3.8, 4) is 11.7 Å². The van der Waals surface area contributed by atoms with E-state index in [2.05, 4.69) is 19.6 Å². The molecule has 2 rings (SSSR count). The third-order valence-corrected chi connectivity index (χ3v) is 2.56. The first-order valence-electron chi connectivity index (χ1n) is 5.70.